The molecule has 9 nitrogen and oxygen atoms in total. The molecule has 3 aromatic rings. The van der Waals surface area contributed by atoms with Crippen molar-refractivity contribution in [1.82, 2.24) is 10.3 Å². The Hall–Kier alpha value is -4.47. The number of allylic oxidation sites excluding steroid dienone is 1. The second-order valence-corrected chi connectivity index (χ2v) is 14.7. The van der Waals surface area contributed by atoms with Gasteiger partial charge in [-0.15, -0.1) is 0 Å². The summed E-state index contributed by atoms with van der Waals surface area (Å²) in [5, 5.41) is 5.86. The fourth-order valence-corrected chi connectivity index (χ4v) is 6.59. The molecular weight excluding hydrogens is 635 g/mol. The highest BCUT2D eigenvalue weighted by atomic mass is 19.1. The molecule has 0 spiro atoms. The van der Waals surface area contributed by atoms with Gasteiger partial charge in [0.25, 0.3) is 11.8 Å². The normalized spacial score (nSPS) is 17.6. The fourth-order valence-electron chi connectivity index (χ4n) is 6.59. The summed E-state index contributed by atoms with van der Waals surface area (Å²) in [7, 11) is 0. The van der Waals surface area contributed by atoms with Crippen molar-refractivity contribution >= 4 is 34.7 Å². The summed E-state index contributed by atoms with van der Waals surface area (Å²) in [6.45, 7) is 15.1. The van der Waals surface area contributed by atoms with Gasteiger partial charge < -0.3 is 24.7 Å². The van der Waals surface area contributed by atoms with Crippen LogP contribution in [0.25, 0.3) is 5.57 Å². The Labute approximate surface area is 295 Å². The lowest BCUT2D eigenvalue weighted by Gasteiger charge is -2.31. The van der Waals surface area contributed by atoms with Crippen molar-refractivity contribution < 1.29 is 27.9 Å². The average Bonchev–Trinajstić information content (AvgIpc) is 3.80. The summed E-state index contributed by atoms with van der Waals surface area (Å²) in [6, 6.07) is 10.6. The molecule has 2 amide bonds. The van der Waals surface area contributed by atoms with E-state index in [4.69, 9.17) is 9.15 Å². The first-order valence-corrected chi connectivity index (χ1v) is 18.0. The number of carbonyl (C=O) groups excluding carboxylic acids is 3. The minimum atomic E-state index is -0.696. The van der Waals surface area contributed by atoms with Crippen LogP contribution in [-0.4, -0.2) is 47.5 Å². The number of anilines is 2. The van der Waals surface area contributed by atoms with Gasteiger partial charge in [-0.3, -0.25) is 14.4 Å². The first-order valence-electron chi connectivity index (χ1n) is 18.0. The van der Waals surface area contributed by atoms with E-state index in [1.165, 1.54) is 18.4 Å². The number of hydrogen-bond acceptors (Lipinski definition) is 7. The zero-order valence-corrected chi connectivity index (χ0v) is 30.1. The zero-order chi connectivity index (χ0) is 36.0. The van der Waals surface area contributed by atoms with Crippen LogP contribution in [0.15, 0.2) is 53.7 Å². The van der Waals surface area contributed by atoms with Gasteiger partial charge in [-0.05, 0) is 102 Å². The van der Waals surface area contributed by atoms with Crippen molar-refractivity contribution in [2.45, 2.75) is 110 Å². The average molecular weight is 687 g/mol. The number of aromatic nitrogens is 1. The van der Waals surface area contributed by atoms with Crippen LogP contribution in [-0.2, 0) is 9.53 Å². The molecule has 5 rings (SSSR count). The molecule has 2 N–H and O–H groups in total. The van der Waals surface area contributed by atoms with Crippen molar-refractivity contribution in [3.05, 3.63) is 83.3 Å². The standard InChI is InChI=1S/C40H51FN4O5/c1-7-19-45(20-11-13-26(3)30-16-9-8-12-25(30)2)35-23-32(41)31(22-33(35)43-37(47)34-24-49-38(44-34)27-17-18-27)36(46)42-29-15-10-14-28(21-29)39(48)50-40(4,5)6/h8-9,12,16,22-24,27-29H,3,7,10-11,13-15,17-21H2,1-2,4-6H3,(H,42,46)(H,43,47). The molecule has 10 heteroatoms. The largest absolute Gasteiger partial charge is 0.460 e. The van der Waals surface area contributed by atoms with Crippen LogP contribution < -0.4 is 15.5 Å². The number of ether oxygens (including phenoxy) is 1. The van der Waals surface area contributed by atoms with Gasteiger partial charge in [0, 0.05) is 31.1 Å². The number of nitrogens with zero attached hydrogens (tertiary/aromatic N) is 2. The lowest BCUT2D eigenvalue weighted by atomic mass is 9.85. The van der Waals surface area contributed by atoms with Gasteiger partial charge in [-0.2, -0.15) is 0 Å². The number of amides is 2. The third-order valence-electron chi connectivity index (χ3n) is 9.28. The third-order valence-corrected chi connectivity index (χ3v) is 9.28. The summed E-state index contributed by atoms with van der Waals surface area (Å²) >= 11 is 0. The molecule has 0 saturated heterocycles. The van der Waals surface area contributed by atoms with Crippen molar-refractivity contribution in [3.8, 4) is 0 Å². The van der Waals surface area contributed by atoms with E-state index >= 15 is 4.39 Å². The SMILES string of the molecule is C=C(CCCN(CCC)c1cc(F)c(C(=O)NC2CCCC(C(=O)OC(C)(C)C)C2)cc1NC(=O)c1coc(C2CC2)n1)c1ccccc1C. The van der Waals surface area contributed by atoms with Crippen molar-refractivity contribution in [1.29, 1.82) is 0 Å². The molecular formula is C40H51FN4O5. The van der Waals surface area contributed by atoms with E-state index in [1.807, 2.05) is 44.7 Å². The van der Waals surface area contributed by atoms with Crippen LogP contribution in [0, 0.1) is 18.7 Å². The molecule has 2 aliphatic carbocycles. The quantitative estimate of drug-likeness (QED) is 0.163. The molecule has 2 aromatic carbocycles. The van der Waals surface area contributed by atoms with Crippen LogP contribution in [0.2, 0.25) is 0 Å². The predicted octanol–water partition coefficient (Wildman–Crippen LogP) is 8.59. The third kappa shape index (κ3) is 9.61. The van der Waals surface area contributed by atoms with Crippen molar-refractivity contribution in [2.75, 3.05) is 23.3 Å². The summed E-state index contributed by atoms with van der Waals surface area (Å²) in [5.41, 5.74) is 3.42. The van der Waals surface area contributed by atoms with Gasteiger partial charge in [0.2, 0.25) is 0 Å². The van der Waals surface area contributed by atoms with Crippen molar-refractivity contribution in [2.24, 2.45) is 5.92 Å². The van der Waals surface area contributed by atoms with Crippen molar-refractivity contribution in [3.63, 3.8) is 0 Å². The number of esters is 1. The van der Waals surface area contributed by atoms with Gasteiger partial charge in [0.15, 0.2) is 11.6 Å². The number of benzene rings is 2. The van der Waals surface area contributed by atoms with E-state index in [2.05, 4.69) is 41.3 Å². The Morgan fingerprint density at radius 3 is 2.52 bits per heavy atom. The number of rotatable bonds is 14. The van der Waals surface area contributed by atoms with Crippen LogP contribution in [0.1, 0.15) is 129 Å². The van der Waals surface area contributed by atoms with E-state index in [0.29, 0.717) is 49.6 Å². The Kier molecular flexibility index (Phi) is 11.8. The number of carbonyl (C=O) groups is 3. The molecule has 2 atom stereocenters. The summed E-state index contributed by atoms with van der Waals surface area (Å²) < 4.78 is 27.1. The molecule has 1 heterocycles. The lowest BCUT2D eigenvalue weighted by Crippen LogP contribution is -2.41. The number of oxazole rings is 1. The molecule has 50 heavy (non-hydrogen) atoms. The smallest absolute Gasteiger partial charge is 0.309 e. The Morgan fingerprint density at radius 1 is 1.06 bits per heavy atom. The molecule has 2 fully saturated rings. The van der Waals surface area contributed by atoms with Crippen LogP contribution in [0.4, 0.5) is 15.8 Å². The van der Waals surface area contributed by atoms with Gasteiger partial charge in [0.1, 0.15) is 17.7 Å². The first kappa shape index (κ1) is 36.8. The second-order valence-electron chi connectivity index (χ2n) is 14.7. The highest BCUT2D eigenvalue weighted by Crippen LogP contribution is 2.39. The fraction of sp³-hybridized carbons (Fsp3) is 0.500. The van der Waals surface area contributed by atoms with Crippen LogP contribution >= 0.6 is 0 Å². The molecule has 2 unspecified atom stereocenters. The van der Waals surface area contributed by atoms with Gasteiger partial charge in [0.05, 0.1) is 22.9 Å². The molecule has 0 bridgehead atoms. The van der Waals surface area contributed by atoms with Gasteiger partial charge >= 0.3 is 5.97 Å². The van der Waals surface area contributed by atoms with Crippen LogP contribution in [0.5, 0.6) is 0 Å². The number of halogens is 1. The maximum atomic E-state index is 16.0. The monoisotopic (exact) mass is 686 g/mol. The Balaban J connectivity index is 1.37. The molecule has 2 aliphatic rings. The van der Waals surface area contributed by atoms with Gasteiger partial charge in [-0.1, -0.05) is 44.2 Å². The number of hydrogen-bond donors (Lipinski definition) is 2. The maximum absolute atomic E-state index is 16.0. The molecule has 2 saturated carbocycles. The van der Waals surface area contributed by atoms with E-state index in [0.717, 1.165) is 55.2 Å². The first-order chi connectivity index (χ1) is 23.8. The molecule has 268 valence electrons. The molecule has 1 aromatic heterocycles. The highest BCUT2D eigenvalue weighted by Gasteiger charge is 2.33. The Bertz CT molecular complexity index is 1710. The van der Waals surface area contributed by atoms with E-state index in [1.54, 1.807) is 0 Å². The lowest BCUT2D eigenvalue weighted by molar-refractivity contribution is -0.161. The molecule has 0 radical (unpaired) electrons. The van der Waals surface area contributed by atoms with E-state index in [-0.39, 0.29) is 35.1 Å². The maximum Gasteiger partial charge on any atom is 0.309 e. The zero-order valence-electron chi connectivity index (χ0n) is 30.1. The predicted molar refractivity (Wildman–Crippen MR) is 194 cm³/mol. The number of aryl methyl sites for hydroxylation is 1. The summed E-state index contributed by atoms with van der Waals surface area (Å²) in [5.74, 6) is -1.66. The summed E-state index contributed by atoms with van der Waals surface area (Å²) in [4.78, 5) is 46.3. The second kappa shape index (κ2) is 16.0. The van der Waals surface area contributed by atoms with Crippen LogP contribution in [0.3, 0.4) is 0 Å². The molecule has 0 aliphatic heterocycles. The minimum absolute atomic E-state index is 0.125. The van der Waals surface area contributed by atoms with Gasteiger partial charge in [-0.25, -0.2) is 9.37 Å². The minimum Gasteiger partial charge on any atom is -0.460 e. The van der Waals surface area contributed by atoms with E-state index < -0.39 is 23.2 Å². The summed E-state index contributed by atoms with van der Waals surface area (Å²) in [6.07, 6.45) is 8.06. The topological polar surface area (TPSA) is 114 Å². The van der Waals surface area contributed by atoms with E-state index in [9.17, 15) is 14.4 Å². The number of nitrogens with one attached hydrogen (secondary N) is 2. The highest BCUT2D eigenvalue weighted by molar-refractivity contribution is 6.06. The Morgan fingerprint density at radius 2 is 1.82 bits per heavy atom.